The van der Waals surface area contributed by atoms with Crippen molar-refractivity contribution in [3.63, 3.8) is 0 Å². The fourth-order valence-corrected chi connectivity index (χ4v) is 29.8. The second kappa shape index (κ2) is 13.7. The van der Waals surface area contributed by atoms with Crippen molar-refractivity contribution in [2.24, 2.45) is 0 Å². The number of fused-ring (bicyclic) bond motifs is 2. The van der Waals surface area contributed by atoms with Gasteiger partial charge in [0.1, 0.15) is 0 Å². The summed E-state index contributed by atoms with van der Waals surface area (Å²) in [5.74, 6) is 1.09. The molecule has 4 aromatic rings. The van der Waals surface area contributed by atoms with Gasteiger partial charge < -0.3 is 0 Å². The molecule has 0 heterocycles. The summed E-state index contributed by atoms with van der Waals surface area (Å²) in [6.45, 7) is 21.1. The molecule has 2 atom stereocenters. The SMILES string of the molecule is CCC1=Cc2c(-c3ccc(C(C)C)cc3)ccc(C)c2[CH]1[Zr]([CH3])([CH3])(=[SiH2])[CH]1C(C)=Cc2c(-c3ccc(C(C)C)cc3)ccc(C)c21.Cl.Cl. The Morgan fingerprint density at radius 3 is 1.40 bits per heavy atom. The fraction of sp³-hybridized carbons (Fsp3) is 0.349. The van der Waals surface area contributed by atoms with E-state index in [1.54, 1.807) is 22.3 Å². The van der Waals surface area contributed by atoms with Crippen LogP contribution in [0.4, 0.5) is 0 Å². The average molecular weight is 761 g/mol. The van der Waals surface area contributed by atoms with Crippen LogP contribution in [-0.4, -0.2) is 6.88 Å². The molecule has 2 unspecified atom stereocenters. The molecule has 6 rings (SSSR count). The third-order valence-electron chi connectivity index (χ3n) is 11.2. The average Bonchev–Trinajstić information content (AvgIpc) is 3.58. The van der Waals surface area contributed by atoms with Gasteiger partial charge in [0, 0.05) is 0 Å². The minimum atomic E-state index is -3.68. The largest absolute Gasteiger partial charge is 0.147 e. The molecular formula is C43H54Cl2SiZr. The van der Waals surface area contributed by atoms with Crippen LogP contribution in [0.3, 0.4) is 0 Å². The molecule has 0 N–H and O–H groups in total. The Balaban J connectivity index is 0.00000250. The smallest absolute Gasteiger partial charge is 0.147 e. The van der Waals surface area contributed by atoms with Gasteiger partial charge in [-0.3, -0.25) is 0 Å². The van der Waals surface area contributed by atoms with Crippen LogP contribution in [0.15, 0.2) is 83.9 Å². The number of benzene rings is 4. The van der Waals surface area contributed by atoms with Crippen molar-refractivity contribution in [1.82, 2.24) is 0 Å². The normalized spacial score (nSPS) is 17.1. The van der Waals surface area contributed by atoms with E-state index < -0.39 is 17.4 Å². The summed E-state index contributed by atoms with van der Waals surface area (Å²) in [4.78, 5) is 0. The molecule has 2 aliphatic carbocycles. The number of hydrogen-bond acceptors (Lipinski definition) is 0. The van der Waals surface area contributed by atoms with E-state index in [1.165, 1.54) is 55.6 Å². The van der Waals surface area contributed by atoms with Gasteiger partial charge in [-0.1, -0.05) is 0 Å². The number of rotatable bonds is 7. The van der Waals surface area contributed by atoms with Crippen molar-refractivity contribution in [3.05, 3.63) is 128 Å². The van der Waals surface area contributed by atoms with Crippen molar-refractivity contribution >= 4 is 43.8 Å². The molecule has 0 saturated carbocycles. The molecular weight excluding hydrogens is 707 g/mol. The Morgan fingerprint density at radius 2 is 1.00 bits per heavy atom. The van der Waals surface area contributed by atoms with Crippen molar-refractivity contribution < 1.29 is 17.4 Å². The quantitative estimate of drug-likeness (QED) is 0.165. The van der Waals surface area contributed by atoms with Gasteiger partial charge in [0.15, 0.2) is 0 Å². The summed E-state index contributed by atoms with van der Waals surface area (Å²) in [6, 6.07) is 28.3. The monoisotopic (exact) mass is 758 g/mol. The van der Waals surface area contributed by atoms with Crippen LogP contribution in [-0.2, 0) is 17.4 Å². The van der Waals surface area contributed by atoms with E-state index in [9.17, 15) is 0 Å². The first-order chi connectivity index (χ1) is 21.2. The Kier molecular flexibility index (Phi) is 11.1. The zero-order valence-electron chi connectivity index (χ0n) is 30.1. The maximum absolute atomic E-state index is 3.68. The van der Waals surface area contributed by atoms with Crippen molar-refractivity contribution in [2.75, 3.05) is 0 Å². The molecule has 0 bridgehead atoms. The van der Waals surface area contributed by atoms with E-state index in [2.05, 4.69) is 156 Å². The van der Waals surface area contributed by atoms with Gasteiger partial charge in [0.25, 0.3) is 0 Å². The molecule has 4 heteroatoms. The van der Waals surface area contributed by atoms with E-state index in [4.69, 9.17) is 0 Å². The zero-order chi connectivity index (χ0) is 32.4. The van der Waals surface area contributed by atoms with Crippen LogP contribution in [0.1, 0.15) is 112 Å². The first kappa shape index (κ1) is 37.9. The van der Waals surface area contributed by atoms with Crippen molar-refractivity contribution in [2.45, 2.75) is 90.2 Å². The minimum Gasteiger partial charge on any atom is -0.147 e. The van der Waals surface area contributed by atoms with Gasteiger partial charge in [0.05, 0.1) is 0 Å². The molecule has 0 saturated heterocycles. The van der Waals surface area contributed by atoms with E-state index in [-0.39, 0.29) is 24.8 Å². The summed E-state index contributed by atoms with van der Waals surface area (Å²) in [7, 11) is 0. The van der Waals surface area contributed by atoms with Crippen LogP contribution in [0.5, 0.6) is 0 Å². The van der Waals surface area contributed by atoms with E-state index in [0.717, 1.165) is 6.42 Å². The standard InChI is InChI=1S/C21H23.C20H21.2CH3.2ClH.H2Si.Zr/c1-5-16-12-20-15(4)6-11-19(21(20)13-16)18-9-7-17(8-10-18)14(2)3;1-13(2)16-6-8-17(9-7-16)18-10-5-15(4)19-11-14(3)12-20(18)19;;;;;;/h6-14H,5H2,1-4H3;5-13H,1-4H3;2*1H3;2*1H;1H2;. The topological polar surface area (TPSA) is 0 Å². The molecule has 0 spiro atoms. The summed E-state index contributed by atoms with van der Waals surface area (Å²) < 4.78 is 6.63. The van der Waals surface area contributed by atoms with E-state index in [0.29, 0.717) is 19.1 Å². The molecule has 47 heavy (non-hydrogen) atoms. The molecule has 0 aromatic heterocycles. The van der Waals surface area contributed by atoms with Crippen LogP contribution in [0.2, 0.25) is 9.26 Å². The van der Waals surface area contributed by atoms with Gasteiger partial charge in [-0.25, -0.2) is 0 Å². The second-order valence-electron chi connectivity index (χ2n) is 15.8. The predicted molar refractivity (Wildman–Crippen MR) is 214 cm³/mol. The van der Waals surface area contributed by atoms with Crippen LogP contribution in [0.25, 0.3) is 34.4 Å². The molecule has 248 valence electrons. The van der Waals surface area contributed by atoms with Crippen molar-refractivity contribution in [3.8, 4) is 22.3 Å². The number of halogens is 2. The molecule has 0 aliphatic heterocycles. The zero-order valence-corrected chi connectivity index (χ0v) is 35.6. The van der Waals surface area contributed by atoms with Crippen molar-refractivity contribution in [1.29, 1.82) is 0 Å². The van der Waals surface area contributed by atoms with Crippen LogP contribution in [0, 0.1) is 13.8 Å². The first-order valence-corrected chi connectivity index (χ1v) is 30.8. The molecule has 0 radical (unpaired) electrons. The maximum Gasteiger partial charge on any atom is -0.147 e. The molecule has 4 aromatic carbocycles. The first-order valence-electron chi connectivity index (χ1n) is 17.2. The maximum atomic E-state index is 2.78. The minimum absolute atomic E-state index is 0. The van der Waals surface area contributed by atoms with Gasteiger partial charge in [0.2, 0.25) is 0 Å². The Bertz CT molecular complexity index is 1940. The molecule has 2 aliphatic rings. The van der Waals surface area contributed by atoms with Gasteiger partial charge in [-0.05, 0) is 0 Å². The molecule has 0 amide bonds. The van der Waals surface area contributed by atoms with Gasteiger partial charge in [-0.15, -0.1) is 24.8 Å². The third kappa shape index (κ3) is 6.43. The fourth-order valence-electron chi connectivity index (χ4n) is 8.94. The number of allylic oxidation sites excluding steroid dienone is 2. The van der Waals surface area contributed by atoms with Gasteiger partial charge >= 0.3 is 277 Å². The number of aryl methyl sites for hydroxylation is 2. The third-order valence-corrected chi connectivity index (χ3v) is 28.8. The van der Waals surface area contributed by atoms with Gasteiger partial charge in [-0.2, -0.15) is 0 Å². The predicted octanol–water partition coefficient (Wildman–Crippen LogP) is 13.1. The van der Waals surface area contributed by atoms with Crippen LogP contribution < -0.4 is 0 Å². The second-order valence-corrected chi connectivity index (χ2v) is 46.3. The summed E-state index contributed by atoms with van der Waals surface area (Å²) in [5, 5.41) is 0. The Morgan fingerprint density at radius 1 is 0.596 bits per heavy atom. The summed E-state index contributed by atoms with van der Waals surface area (Å²) in [5.41, 5.74) is 20.6. The van der Waals surface area contributed by atoms with Crippen LogP contribution >= 0.6 is 24.8 Å². The summed E-state index contributed by atoms with van der Waals surface area (Å²) in [6.07, 6.45) is 6.29. The number of hydrogen-bond donors (Lipinski definition) is 0. The summed E-state index contributed by atoms with van der Waals surface area (Å²) >= 11 is -3.68. The van der Waals surface area contributed by atoms with E-state index in [1.807, 2.05) is 0 Å². The Hall–Kier alpha value is -1.96. The molecule has 0 nitrogen and oxygen atoms in total. The molecule has 0 fully saturated rings. The Labute approximate surface area is 299 Å². The van der Waals surface area contributed by atoms with E-state index >= 15 is 0 Å².